The van der Waals surface area contributed by atoms with E-state index in [-0.39, 0.29) is 11.6 Å². The molecule has 0 aliphatic heterocycles. The Morgan fingerprint density at radius 1 is 1.50 bits per heavy atom. The lowest BCUT2D eigenvalue weighted by atomic mass is 10.3. The van der Waals surface area contributed by atoms with Crippen LogP contribution in [0, 0.1) is 10.1 Å². The summed E-state index contributed by atoms with van der Waals surface area (Å²) in [6.07, 6.45) is 2.19. The maximum absolute atomic E-state index is 11.8. The van der Waals surface area contributed by atoms with Crippen molar-refractivity contribution in [3.8, 4) is 0 Å². The molecule has 7 heteroatoms. The van der Waals surface area contributed by atoms with Crippen LogP contribution >= 0.6 is 0 Å². The van der Waals surface area contributed by atoms with Crippen molar-refractivity contribution in [1.29, 1.82) is 0 Å². The van der Waals surface area contributed by atoms with Crippen LogP contribution in [-0.4, -0.2) is 35.5 Å². The molecule has 0 aromatic carbocycles. The molecule has 0 radical (unpaired) electrons. The molecule has 1 heterocycles. The maximum atomic E-state index is 11.8. The number of nitrogens with zero attached hydrogens (tertiary/aromatic N) is 2. The van der Waals surface area contributed by atoms with Crippen molar-refractivity contribution in [2.75, 3.05) is 20.1 Å². The fourth-order valence-electron chi connectivity index (χ4n) is 1.60. The summed E-state index contributed by atoms with van der Waals surface area (Å²) in [6, 6.07) is 1.30. The van der Waals surface area contributed by atoms with E-state index in [4.69, 9.17) is 0 Å². The number of carbonyl (C=O) groups is 1. The van der Waals surface area contributed by atoms with Gasteiger partial charge in [0.05, 0.1) is 11.1 Å². The van der Waals surface area contributed by atoms with Crippen LogP contribution in [-0.2, 0) is 6.54 Å². The van der Waals surface area contributed by atoms with Crippen molar-refractivity contribution < 1.29 is 9.72 Å². The van der Waals surface area contributed by atoms with E-state index in [1.54, 1.807) is 4.57 Å². The zero-order valence-corrected chi connectivity index (χ0v) is 10.6. The molecule has 0 aliphatic rings. The van der Waals surface area contributed by atoms with Gasteiger partial charge in [-0.1, -0.05) is 0 Å². The summed E-state index contributed by atoms with van der Waals surface area (Å²) < 4.78 is 1.57. The molecular formula is C11H18N4O3. The van der Waals surface area contributed by atoms with Crippen molar-refractivity contribution in [2.45, 2.75) is 19.9 Å². The van der Waals surface area contributed by atoms with Gasteiger partial charge in [-0.25, -0.2) is 0 Å². The molecular weight excluding hydrogens is 236 g/mol. The zero-order chi connectivity index (χ0) is 13.5. The van der Waals surface area contributed by atoms with Crippen LogP contribution in [0.5, 0.6) is 0 Å². The first-order chi connectivity index (χ1) is 8.60. The van der Waals surface area contributed by atoms with Crippen LogP contribution in [0.15, 0.2) is 12.3 Å². The van der Waals surface area contributed by atoms with E-state index in [9.17, 15) is 14.9 Å². The quantitative estimate of drug-likeness (QED) is 0.427. The largest absolute Gasteiger partial charge is 0.351 e. The van der Waals surface area contributed by atoms with Gasteiger partial charge in [-0.2, -0.15) is 0 Å². The van der Waals surface area contributed by atoms with Crippen molar-refractivity contribution >= 4 is 11.6 Å². The summed E-state index contributed by atoms with van der Waals surface area (Å²) in [5.74, 6) is -0.277. The van der Waals surface area contributed by atoms with Crippen LogP contribution in [0.25, 0.3) is 0 Å². The molecule has 1 amide bonds. The third-order valence-corrected chi connectivity index (χ3v) is 2.56. The molecule has 1 aromatic heterocycles. The van der Waals surface area contributed by atoms with E-state index in [1.807, 2.05) is 14.0 Å². The normalized spacial score (nSPS) is 10.3. The van der Waals surface area contributed by atoms with E-state index in [0.29, 0.717) is 18.8 Å². The van der Waals surface area contributed by atoms with E-state index < -0.39 is 4.92 Å². The van der Waals surface area contributed by atoms with Crippen molar-refractivity contribution in [2.24, 2.45) is 0 Å². The highest BCUT2D eigenvalue weighted by Crippen LogP contribution is 2.16. The van der Waals surface area contributed by atoms with Crippen molar-refractivity contribution in [3.05, 3.63) is 28.1 Å². The van der Waals surface area contributed by atoms with Gasteiger partial charge < -0.3 is 15.2 Å². The Balaban J connectivity index is 2.69. The summed E-state index contributed by atoms with van der Waals surface area (Å²) in [6.45, 7) is 3.71. The molecule has 100 valence electrons. The Bertz CT molecular complexity index is 428. The first-order valence-corrected chi connectivity index (χ1v) is 5.87. The fourth-order valence-corrected chi connectivity index (χ4v) is 1.60. The fraction of sp³-hybridized carbons (Fsp3) is 0.545. The smallest absolute Gasteiger partial charge is 0.287 e. The monoisotopic (exact) mass is 254 g/mol. The molecule has 1 rings (SSSR count). The molecule has 2 N–H and O–H groups in total. The first kappa shape index (κ1) is 14.2. The highest BCUT2D eigenvalue weighted by molar-refractivity contribution is 5.93. The van der Waals surface area contributed by atoms with Crippen LogP contribution in [0.4, 0.5) is 5.69 Å². The second-order valence-electron chi connectivity index (χ2n) is 3.84. The van der Waals surface area contributed by atoms with E-state index in [0.717, 1.165) is 13.0 Å². The standard InChI is InChI=1S/C11H18N4O3/c1-3-14-8-9(15(17)18)7-10(14)11(16)13-6-4-5-12-2/h7-8,12H,3-6H2,1-2H3,(H,13,16). The molecule has 0 spiro atoms. The number of hydrogen-bond acceptors (Lipinski definition) is 4. The SMILES string of the molecule is CCn1cc([N+](=O)[O-])cc1C(=O)NCCCNC. The van der Waals surface area contributed by atoms with Gasteiger partial charge in [0, 0.05) is 19.2 Å². The van der Waals surface area contributed by atoms with Crippen LogP contribution < -0.4 is 10.6 Å². The summed E-state index contributed by atoms with van der Waals surface area (Å²) in [5, 5.41) is 16.4. The van der Waals surface area contributed by atoms with Gasteiger partial charge in [-0.3, -0.25) is 14.9 Å². The summed E-state index contributed by atoms with van der Waals surface area (Å²) in [7, 11) is 1.84. The highest BCUT2D eigenvalue weighted by Gasteiger charge is 2.17. The Morgan fingerprint density at radius 3 is 2.78 bits per heavy atom. The molecule has 0 bridgehead atoms. The molecule has 7 nitrogen and oxygen atoms in total. The third kappa shape index (κ3) is 3.56. The lowest BCUT2D eigenvalue weighted by Crippen LogP contribution is -2.28. The number of hydrogen-bond donors (Lipinski definition) is 2. The van der Waals surface area contributed by atoms with Gasteiger partial charge in [0.25, 0.3) is 11.6 Å². The number of nitro groups is 1. The van der Waals surface area contributed by atoms with Crippen molar-refractivity contribution in [3.63, 3.8) is 0 Å². The topological polar surface area (TPSA) is 89.2 Å². The second kappa shape index (κ2) is 6.75. The molecule has 0 fully saturated rings. The van der Waals surface area contributed by atoms with Gasteiger partial charge in [-0.05, 0) is 26.9 Å². The summed E-state index contributed by atoms with van der Waals surface area (Å²) >= 11 is 0. The molecule has 0 atom stereocenters. The minimum Gasteiger partial charge on any atom is -0.351 e. The van der Waals surface area contributed by atoms with Crippen LogP contribution in [0.2, 0.25) is 0 Å². The molecule has 0 aliphatic carbocycles. The molecule has 18 heavy (non-hydrogen) atoms. The lowest BCUT2D eigenvalue weighted by molar-refractivity contribution is -0.384. The minimum absolute atomic E-state index is 0.0581. The Kier molecular flexibility index (Phi) is 5.31. The Hall–Kier alpha value is -1.89. The maximum Gasteiger partial charge on any atom is 0.287 e. The molecule has 0 saturated heterocycles. The molecule has 0 saturated carbocycles. The van der Waals surface area contributed by atoms with Crippen LogP contribution in [0.1, 0.15) is 23.8 Å². The number of aromatic nitrogens is 1. The average molecular weight is 254 g/mol. The first-order valence-electron chi connectivity index (χ1n) is 5.87. The molecule has 1 aromatic rings. The summed E-state index contributed by atoms with van der Waals surface area (Å²) in [5.41, 5.74) is 0.269. The van der Waals surface area contributed by atoms with E-state index in [2.05, 4.69) is 10.6 Å². The lowest BCUT2D eigenvalue weighted by Gasteiger charge is -2.06. The second-order valence-corrected chi connectivity index (χ2v) is 3.84. The predicted octanol–water partition coefficient (Wildman–Crippen LogP) is 0.755. The summed E-state index contributed by atoms with van der Waals surface area (Å²) in [4.78, 5) is 22.0. The molecule has 0 unspecified atom stereocenters. The zero-order valence-electron chi connectivity index (χ0n) is 10.6. The number of amides is 1. The van der Waals surface area contributed by atoms with Gasteiger partial charge in [0.2, 0.25) is 0 Å². The van der Waals surface area contributed by atoms with Gasteiger partial charge in [0.15, 0.2) is 0 Å². The number of carbonyl (C=O) groups excluding carboxylic acids is 1. The predicted molar refractivity (Wildman–Crippen MR) is 67.6 cm³/mol. The van der Waals surface area contributed by atoms with E-state index in [1.165, 1.54) is 12.3 Å². The van der Waals surface area contributed by atoms with Gasteiger partial charge in [-0.15, -0.1) is 0 Å². The third-order valence-electron chi connectivity index (χ3n) is 2.56. The Morgan fingerprint density at radius 2 is 2.22 bits per heavy atom. The highest BCUT2D eigenvalue weighted by atomic mass is 16.6. The van der Waals surface area contributed by atoms with E-state index >= 15 is 0 Å². The van der Waals surface area contributed by atoms with Gasteiger partial charge in [0.1, 0.15) is 5.69 Å². The number of aryl methyl sites for hydroxylation is 1. The van der Waals surface area contributed by atoms with Crippen LogP contribution in [0.3, 0.4) is 0 Å². The number of rotatable bonds is 7. The van der Waals surface area contributed by atoms with Crippen molar-refractivity contribution in [1.82, 2.24) is 15.2 Å². The van der Waals surface area contributed by atoms with Gasteiger partial charge >= 0.3 is 0 Å². The Labute approximate surface area is 105 Å². The average Bonchev–Trinajstić information content (AvgIpc) is 2.78. The minimum atomic E-state index is -0.496. The number of nitrogens with one attached hydrogen (secondary N) is 2.